The van der Waals surface area contributed by atoms with E-state index in [0.29, 0.717) is 43.4 Å². The average Bonchev–Trinajstić information content (AvgIpc) is 2.89. The highest BCUT2D eigenvalue weighted by Gasteiger charge is 2.29. The minimum absolute atomic E-state index is 0.00297. The van der Waals surface area contributed by atoms with Crippen molar-refractivity contribution in [2.75, 3.05) is 30.3 Å². The molecule has 39 heavy (non-hydrogen) atoms. The fraction of sp³-hybridized carbons (Fsp3) is 0.517. The van der Waals surface area contributed by atoms with Gasteiger partial charge in [0.1, 0.15) is 19.3 Å². The summed E-state index contributed by atoms with van der Waals surface area (Å²) in [5.74, 6) is 0.688. The second-order valence-electron chi connectivity index (χ2n) is 10.0. The van der Waals surface area contributed by atoms with Crippen LogP contribution in [0.5, 0.6) is 11.5 Å². The molecule has 1 aliphatic rings. The molecule has 0 radical (unpaired) electrons. The van der Waals surface area contributed by atoms with Crippen molar-refractivity contribution in [1.82, 2.24) is 10.2 Å². The zero-order valence-electron chi connectivity index (χ0n) is 23.6. The predicted octanol–water partition coefficient (Wildman–Crippen LogP) is 4.03. The molecular formula is C29H41N3O6S. The molecule has 214 valence electrons. The Morgan fingerprint density at radius 1 is 1.03 bits per heavy atom. The molecule has 0 saturated carbocycles. The van der Waals surface area contributed by atoms with Gasteiger partial charge in [0.05, 0.1) is 11.9 Å². The van der Waals surface area contributed by atoms with Crippen LogP contribution in [0.1, 0.15) is 57.6 Å². The fourth-order valence-corrected chi connectivity index (χ4v) is 5.52. The Balaban J connectivity index is 1.77. The van der Waals surface area contributed by atoms with Crippen molar-refractivity contribution in [2.45, 2.75) is 72.0 Å². The van der Waals surface area contributed by atoms with Crippen molar-refractivity contribution >= 4 is 27.5 Å². The van der Waals surface area contributed by atoms with Gasteiger partial charge in [-0.05, 0) is 50.8 Å². The van der Waals surface area contributed by atoms with Crippen molar-refractivity contribution in [3.05, 3.63) is 53.6 Å². The van der Waals surface area contributed by atoms with Gasteiger partial charge < -0.3 is 19.7 Å². The number of amides is 2. The van der Waals surface area contributed by atoms with Gasteiger partial charge in [-0.15, -0.1) is 0 Å². The quantitative estimate of drug-likeness (QED) is 0.397. The van der Waals surface area contributed by atoms with Crippen molar-refractivity contribution < 1.29 is 27.5 Å². The normalized spacial score (nSPS) is 14.3. The van der Waals surface area contributed by atoms with E-state index in [0.717, 1.165) is 23.8 Å². The first-order valence-corrected chi connectivity index (χ1v) is 15.4. The van der Waals surface area contributed by atoms with E-state index in [2.05, 4.69) is 5.32 Å². The lowest BCUT2D eigenvalue weighted by atomic mass is 10.1. The first-order chi connectivity index (χ1) is 18.5. The van der Waals surface area contributed by atoms with Crippen molar-refractivity contribution in [3.63, 3.8) is 0 Å². The highest BCUT2D eigenvalue weighted by atomic mass is 32.2. The number of hydrogen-bond acceptors (Lipinski definition) is 6. The molecule has 2 atom stereocenters. The lowest BCUT2D eigenvalue weighted by molar-refractivity contribution is -0.141. The molecule has 2 aromatic carbocycles. The summed E-state index contributed by atoms with van der Waals surface area (Å²) in [7, 11) is -3.62. The molecule has 0 aliphatic carbocycles. The number of fused-ring (bicyclic) bond motifs is 1. The molecule has 0 spiro atoms. The molecule has 1 heterocycles. The summed E-state index contributed by atoms with van der Waals surface area (Å²) in [5.41, 5.74) is 2.46. The number of benzene rings is 2. The van der Waals surface area contributed by atoms with Crippen LogP contribution in [0.15, 0.2) is 42.5 Å². The number of aryl methyl sites for hydroxylation is 1. The van der Waals surface area contributed by atoms with E-state index in [1.54, 1.807) is 23.1 Å². The molecule has 1 N–H and O–H groups in total. The van der Waals surface area contributed by atoms with Crippen molar-refractivity contribution in [2.24, 2.45) is 0 Å². The molecule has 9 nitrogen and oxygen atoms in total. The van der Waals surface area contributed by atoms with E-state index in [9.17, 15) is 18.0 Å². The summed E-state index contributed by atoms with van der Waals surface area (Å²) in [4.78, 5) is 28.4. The van der Waals surface area contributed by atoms with Crippen LogP contribution >= 0.6 is 0 Å². The minimum Gasteiger partial charge on any atom is -0.486 e. The predicted molar refractivity (Wildman–Crippen MR) is 153 cm³/mol. The third kappa shape index (κ3) is 8.36. The first kappa shape index (κ1) is 30.3. The van der Waals surface area contributed by atoms with Crippen molar-refractivity contribution in [1.29, 1.82) is 0 Å². The van der Waals surface area contributed by atoms with Crippen LogP contribution in [0, 0.1) is 6.92 Å². The second kappa shape index (κ2) is 13.7. The van der Waals surface area contributed by atoms with Gasteiger partial charge in [-0.25, -0.2) is 8.42 Å². The Kier molecular flexibility index (Phi) is 10.6. The van der Waals surface area contributed by atoms with Crippen LogP contribution < -0.4 is 19.1 Å². The number of nitrogens with one attached hydrogen (secondary N) is 1. The Morgan fingerprint density at radius 3 is 2.38 bits per heavy atom. The molecule has 0 unspecified atom stereocenters. The summed E-state index contributed by atoms with van der Waals surface area (Å²) >= 11 is 0. The van der Waals surface area contributed by atoms with Gasteiger partial charge in [-0.3, -0.25) is 13.9 Å². The van der Waals surface area contributed by atoms with E-state index in [4.69, 9.17) is 9.47 Å². The molecular weight excluding hydrogens is 518 g/mol. The maximum absolute atomic E-state index is 13.6. The van der Waals surface area contributed by atoms with Crippen LogP contribution in [-0.2, 0) is 26.2 Å². The van der Waals surface area contributed by atoms with Gasteiger partial charge in [-0.1, -0.05) is 43.7 Å². The Hall–Kier alpha value is -3.27. The summed E-state index contributed by atoms with van der Waals surface area (Å²) in [6.07, 6.45) is 2.77. The summed E-state index contributed by atoms with van der Waals surface area (Å²) in [5, 5.41) is 3.01. The van der Waals surface area contributed by atoms with Gasteiger partial charge in [0.2, 0.25) is 21.8 Å². The van der Waals surface area contributed by atoms with Crippen LogP contribution in [0.3, 0.4) is 0 Å². The lowest BCUT2D eigenvalue weighted by Crippen LogP contribution is -2.50. The summed E-state index contributed by atoms with van der Waals surface area (Å²) in [6.45, 7) is 9.06. The fourth-order valence-electron chi connectivity index (χ4n) is 4.56. The zero-order chi connectivity index (χ0) is 28.6. The van der Waals surface area contributed by atoms with Crippen molar-refractivity contribution in [3.8, 4) is 11.5 Å². The maximum atomic E-state index is 13.6. The largest absolute Gasteiger partial charge is 0.486 e. The van der Waals surface area contributed by atoms with Crippen LogP contribution in [-0.4, -0.2) is 63.2 Å². The molecule has 1 aliphatic heterocycles. The van der Waals surface area contributed by atoms with E-state index in [1.807, 2.05) is 52.0 Å². The highest BCUT2D eigenvalue weighted by Crippen LogP contribution is 2.34. The van der Waals surface area contributed by atoms with Gasteiger partial charge in [0.25, 0.3) is 0 Å². The Morgan fingerprint density at radius 2 is 1.74 bits per heavy atom. The highest BCUT2D eigenvalue weighted by molar-refractivity contribution is 7.92. The molecule has 10 heteroatoms. The summed E-state index contributed by atoms with van der Waals surface area (Å²) in [6, 6.07) is 12.3. The number of nitrogens with zero attached hydrogens (tertiary/aromatic N) is 2. The van der Waals surface area contributed by atoms with E-state index in [1.165, 1.54) is 4.31 Å². The number of carbonyl (C=O) groups is 2. The average molecular weight is 560 g/mol. The molecule has 0 saturated heterocycles. The molecule has 2 amide bonds. The standard InChI is InChI=1S/C29H41N3O6S/c1-6-22(4)30-29(34)25(7-2)31(20-23-11-8-10-21(3)18-23)28(33)12-9-15-32(39(5,35)36)24-13-14-26-27(19-24)38-17-16-37-26/h8,10-11,13-14,18-19,22,25H,6-7,9,12,15-17,20H2,1-5H3,(H,30,34)/t22-,25-/m0/s1. The zero-order valence-corrected chi connectivity index (χ0v) is 24.4. The van der Waals surface area contributed by atoms with Gasteiger partial charge >= 0.3 is 0 Å². The molecule has 3 rings (SSSR count). The number of rotatable bonds is 13. The molecule has 0 bridgehead atoms. The number of sulfonamides is 1. The van der Waals surface area contributed by atoms with E-state index >= 15 is 0 Å². The van der Waals surface area contributed by atoms with Gasteiger partial charge in [0.15, 0.2) is 11.5 Å². The monoisotopic (exact) mass is 559 g/mol. The van der Waals surface area contributed by atoms with E-state index < -0.39 is 16.1 Å². The lowest BCUT2D eigenvalue weighted by Gasteiger charge is -2.32. The third-order valence-electron chi connectivity index (χ3n) is 6.79. The molecule has 0 aromatic heterocycles. The number of anilines is 1. The van der Waals surface area contributed by atoms with Crippen LogP contribution in [0.25, 0.3) is 0 Å². The number of hydrogen-bond donors (Lipinski definition) is 1. The smallest absolute Gasteiger partial charge is 0.243 e. The van der Waals surface area contributed by atoms with Gasteiger partial charge in [0, 0.05) is 31.6 Å². The number of carbonyl (C=O) groups excluding carboxylic acids is 2. The minimum atomic E-state index is -3.62. The SMILES string of the molecule is CC[C@H](C)NC(=O)[C@H](CC)N(Cc1cccc(C)c1)C(=O)CCCN(c1ccc2c(c1)OCCO2)S(C)(=O)=O. The topological polar surface area (TPSA) is 105 Å². The van der Waals surface area contributed by atoms with Crippen LogP contribution in [0.4, 0.5) is 5.69 Å². The Labute approximate surface area is 232 Å². The van der Waals surface area contributed by atoms with Gasteiger partial charge in [-0.2, -0.15) is 0 Å². The number of ether oxygens (including phenoxy) is 2. The second-order valence-corrected chi connectivity index (χ2v) is 11.9. The maximum Gasteiger partial charge on any atom is 0.243 e. The molecule has 0 fully saturated rings. The Bertz CT molecular complexity index is 1250. The van der Waals surface area contributed by atoms with Crippen LogP contribution in [0.2, 0.25) is 0 Å². The van der Waals surface area contributed by atoms with E-state index in [-0.39, 0.29) is 37.2 Å². The summed E-state index contributed by atoms with van der Waals surface area (Å²) < 4.78 is 37.8. The molecule has 2 aromatic rings. The third-order valence-corrected chi connectivity index (χ3v) is 7.98. The first-order valence-electron chi connectivity index (χ1n) is 13.6.